The second-order valence-electron chi connectivity index (χ2n) is 8.72. The van der Waals surface area contributed by atoms with E-state index in [4.69, 9.17) is 20.4 Å². The van der Waals surface area contributed by atoms with Gasteiger partial charge in [-0.05, 0) is 37.5 Å². The quantitative estimate of drug-likeness (QED) is 0.356. The van der Waals surface area contributed by atoms with E-state index in [1.165, 1.54) is 28.7 Å². The molecule has 1 fully saturated rings. The number of hydrogen-bond acceptors (Lipinski definition) is 9. The number of benzene rings is 2. The summed E-state index contributed by atoms with van der Waals surface area (Å²) in [7, 11) is 1.55. The minimum absolute atomic E-state index is 0.136. The Morgan fingerprint density at radius 2 is 1.95 bits per heavy atom. The van der Waals surface area contributed by atoms with Crippen molar-refractivity contribution in [2.45, 2.75) is 25.8 Å². The number of amides is 1. The van der Waals surface area contributed by atoms with Crippen molar-refractivity contribution in [3.05, 3.63) is 76.3 Å². The summed E-state index contributed by atoms with van der Waals surface area (Å²) in [6.45, 7) is 2.88. The number of thiazole rings is 1. The second kappa shape index (κ2) is 10.2. The van der Waals surface area contributed by atoms with Crippen molar-refractivity contribution in [3.63, 3.8) is 0 Å². The third-order valence-corrected chi connectivity index (χ3v) is 7.13. The van der Waals surface area contributed by atoms with Crippen molar-refractivity contribution in [2.75, 3.05) is 23.9 Å². The van der Waals surface area contributed by atoms with E-state index in [2.05, 4.69) is 52.5 Å². The molecule has 0 bridgehead atoms. The van der Waals surface area contributed by atoms with Gasteiger partial charge in [-0.2, -0.15) is 10.2 Å². The molecule has 37 heavy (non-hydrogen) atoms. The molecule has 4 aromatic rings. The van der Waals surface area contributed by atoms with Crippen LogP contribution in [0.5, 0.6) is 5.75 Å². The lowest BCUT2D eigenvalue weighted by Crippen LogP contribution is -2.25. The third kappa shape index (κ3) is 4.94. The van der Waals surface area contributed by atoms with Crippen molar-refractivity contribution in [2.24, 2.45) is 5.73 Å². The number of nitrogens with one attached hydrogen (secondary N) is 1. The second-order valence-corrected chi connectivity index (χ2v) is 9.75. The molecule has 3 N–H and O–H groups in total. The van der Waals surface area contributed by atoms with Crippen LogP contribution in [0.2, 0.25) is 0 Å². The molecule has 5 rings (SSSR count). The maximum atomic E-state index is 11.6. The number of nitrogens with zero attached hydrogens (tertiary/aromatic N) is 5. The van der Waals surface area contributed by atoms with Crippen LogP contribution in [0, 0.1) is 18.3 Å². The molecular weight excluding hydrogens is 486 g/mol. The number of nitriles is 1. The summed E-state index contributed by atoms with van der Waals surface area (Å²) in [5.74, 6) is 0.918. The minimum Gasteiger partial charge on any atom is -0.491 e. The number of hydrogen-bond donors (Lipinski definition) is 2. The van der Waals surface area contributed by atoms with Crippen LogP contribution in [0.1, 0.15) is 45.2 Å². The largest absolute Gasteiger partial charge is 0.491 e. The van der Waals surface area contributed by atoms with Crippen LogP contribution < -0.4 is 20.7 Å². The van der Waals surface area contributed by atoms with Crippen molar-refractivity contribution in [3.8, 4) is 23.1 Å². The number of rotatable bonds is 7. The summed E-state index contributed by atoms with van der Waals surface area (Å²) in [6, 6.07) is 17.7. The highest BCUT2D eigenvalue weighted by Gasteiger charge is 2.30. The Morgan fingerprint density at radius 3 is 2.59 bits per heavy atom. The fourth-order valence-corrected chi connectivity index (χ4v) is 5.07. The normalized spacial score (nSPS) is 14.8. The van der Waals surface area contributed by atoms with Gasteiger partial charge in [-0.15, -0.1) is 0 Å². The Labute approximate surface area is 218 Å². The number of aryl methyl sites for hydroxylation is 1. The topological polar surface area (TPSA) is 130 Å². The van der Waals surface area contributed by atoms with E-state index in [9.17, 15) is 10.1 Å². The average molecular weight is 512 g/mol. The fraction of sp³-hybridized carbons (Fsp3) is 0.222. The summed E-state index contributed by atoms with van der Waals surface area (Å²) in [4.78, 5) is 28.4. The van der Waals surface area contributed by atoms with Crippen molar-refractivity contribution in [1.29, 1.82) is 5.26 Å². The number of methoxy groups -OCH3 is 1. The highest BCUT2D eigenvalue weighted by molar-refractivity contribution is 7.16. The van der Waals surface area contributed by atoms with E-state index in [0.29, 0.717) is 38.8 Å². The van der Waals surface area contributed by atoms with Gasteiger partial charge in [0, 0.05) is 17.7 Å². The van der Waals surface area contributed by atoms with E-state index in [0.717, 1.165) is 24.9 Å². The van der Waals surface area contributed by atoms with Gasteiger partial charge in [0.05, 0.1) is 19.3 Å². The third-order valence-electron chi connectivity index (χ3n) is 6.31. The van der Waals surface area contributed by atoms with Crippen LogP contribution in [0.25, 0.3) is 11.3 Å². The Hall–Kier alpha value is -4.49. The minimum atomic E-state index is -0.501. The highest BCUT2D eigenvalue weighted by Crippen LogP contribution is 2.41. The molecule has 3 heterocycles. The Morgan fingerprint density at radius 1 is 1.19 bits per heavy atom. The van der Waals surface area contributed by atoms with E-state index in [-0.39, 0.29) is 6.04 Å². The molecule has 1 saturated heterocycles. The van der Waals surface area contributed by atoms with Crippen LogP contribution in [-0.4, -0.2) is 34.5 Å². The number of carbonyl (C=O) groups excluding carboxylic acids is 1. The van der Waals surface area contributed by atoms with E-state index >= 15 is 0 Å². The van der Waals surface area contributed by atoms with E-state index in [1.807, 2.05) is 0 Å². The zero-order valence-electron chi connectivity index (χ0n) is 20.4. The Kier molecular flexibility index (Phi) is 6.70. The number of primary amides is 1. The monoisotopic (exact) mass is 511 g/mol. The van der Waals surface area contributed by atoms with Crippen molar-refractivity contribution in [1.82, 2.24) is 15.0 Å². The molecule has 0 radical (unpaired) electrons. The van der Waals surface area contributed by atoms with Crippen molar-refractivity contribution < 1.29 is 9.53 Å². The van der Waals surface area contributed by atoms with Gasteiger partial charge in [0.2, 0.25) is 11.9 Å². The summed E-state index contributed by atoms with van der Waals surface area (Å²) < 4.78 is 5.77. The molecule has 186 valence electrons. The van der Waals surface area contributed by atoms with Gasteiger partial charge in [0.15, 0.2) is 16.7 Å². The van der Waals surface area contributed by atoms with Crippen LogP contribution in [-0.2, 0) is 0 Å². The maximum Gasteiger partial charge on any atom is 0.248 e. The lowest BCUT2D eigenvalue weighted by Gasteiger charge is -2.27. The summed E-state index contributed by atoms with van der Waals surface area (Å²) in [5, 5.41) is 13.0. The zero-order valence-corrected chi connectivity index (χ0v) is 21.2. The Bertz CT molecular complexity index is 1480. The SMILES string of the molecule is COc1c(Nc2ncc(C#N)s2)nc(N2CCCC2c2ccc(C)cc2)nc1-c1ccc(C(N)=O)cc1. The summed E-state index contributed by atoms with van der Waals surface area (Å²) in [6.07, 6.45) is 3.51. The van der Waals surface area contributed by atoms with Gasteiger partial charge < -0.3 is 20.7 Å². The first kappa shape index (κ1) is 24.2. The molecule has 10 heteroatoms. The molecule has 1 unspecified atom stereocenters. The molecule has 2 aromatic carbocycles. The number of aromatic nitrogens is 3. The van der Waals surface area contributed by atoms with E-state index in [1.54, 1.807) is 31.4 Å². The number of nitrogens with two attached hydrogens (primary N) is 1. The number of ether oxygens (including phenoxy) is 1. The molecule has 1 atom stereocenters. The van der Waals surface area contributed by atoms with Gasteiger partial charge in [0.1, 0.15) is 16.6 Å². The van der Waals surface area contributed by atoms with Crippen molar-refractivity contribution >= 4 is 34.1 Å². The Balaban J connectivity index is 1.62. The first-order valence-electron chi connectivity index (χ1n) is 11.8. The fourth-order valence-electron chi connectivity index (χ4n) is 4.46. The van der Waals surface area contributed by atoms with Crippen LogP contribution in [0.15, 0.2) is 54.7 Å². The zero-order chi connectivity index (χ0) is 25.9. The van der Waals surface area contributed by atoms with Crippen LogP contribution >= 0.6 is 11.3 Å². The molecule has 1 aliphatic rings. The molecule has 0 spiro atoms. The van der Waals surface area contributed by atoms with Crippen LogP contribution in [0.3, 0.4) is 0 Å². The smallest absolute Gasteiger partial charge is 0.248 e. The molecule has 9 nitrogen and oxygen atoms in total. The average Bonchev–Trinajstić information content (AvgIpc) is 3.58. The first-order valence-corrected chi connectivity index (χ1v) is 12.6. The van der Waals surface area contributed by atoms with Gasteiger partial charge in [-0.25, -0.2) is 9.97 Å². The maximum absolute atomic E-state index is 11.6. The predicted octanol–water partition coefficient (Wildman–Crippen LogP) is 4.97. The molecule has 0 saturated carbocycles. The van der Waals surface area contributed by atoms with E-state index < -0.39 is 5.91 Å². The molecule has 1 amide bonds. The lowest BCUT2D eigenvalue weighted by atomic mass is 10.0. The summed E-state index contributed by atoms with van der Waals surface area (Å²) >= 11 is 1.23. The molecular formula is C27H25N7O2S. The first-order chi connectivity index (χ1) is 18.0. The van der Waals surface area contributed by atoms with Gasteiger partial charge in [-0.1, -0.05) is 53.3 Å². The van der Waals surface area contributed by atoms with Crippen LogP contribution in [0.4, 0.5) is 16.9 Å². The molecule has 0 aliphatic carbocycles. The lowest BCUT2D eigenvalue weighted by molar-refractivity contribution is 0.100. The standard InChI is InChI=1S/C27H25N7O2S/c1-16-5-7-17(8-6-16)21-4-3-13-34(21)26-31-22(18-9-11-19(12-10-18)24(29)35)23(36-2)25(32-26)33-27-30-15-20(14-28)37-27/h5-12,15,21H,3-4,13H2,1-2H3,(H2,29,35)(H,30,31,32,33). The number of carbonyl (C=O) groups is 1. The highest BCUT2D eigenvalue weighted by atomic mass is 32.1. The van der Waals surface area contributed by atoms with Gasteiger partial charge in [0.25, 0.3) is 0 Å². The summed E-state index contributed by atoms with van der Waals surface area (Å²) in [5.41, 5.74) is 9.57. The predicted molar refractivity (Wildman–Crippen MR) is 143 cm³/mol. The van der Waals surface area contributed by atoms with Gasteiger partial charge >= 0.3 is 0 Å². The molecule has 1 aliphatic heterocycles. The molecule has 2 aromatic heterocycles. The number of anilines is 3. The van der Waals surface area contributed by atoms with Gasteiger partial charge in [-0.3, -0.25) is 4.79 Å².